The molecular formula is C18H42BrN3Si. The first kappa shape index (κ1) is 23.6. The van der Waals surface area contributed by atoms with Crippen LogP contribution in [0.15, 0.2) is 0 Å². The summed E-state index contributed by atoms with van der Waals surface area (Å²) in [6.45, 7) is 28.0. The molecule has 0 aromatic carbocycles. The molecule has 0 heterocycles. The molecule has 0 aliphatic heterocycles. The molecule has 23 heavy (non-hydrogen) atoms. The van der Waals surface area contributed by atoms with Crippen LogP contribution in [-0.4, -0.2) is 57.1 Å². The normalized spacial score (nSPS) is 14.3. The predicted molar refractivity (Wildman–Crippen MR) is 111 cm³/mol. The van der Waals surface area contributed by atoms with Crippen molar-refractivity contribution in [3.05, 3.63) is 0 Å². The highest BCUT2D eigenvalue weighted by Crippen LogP contribution is 2.36. The van der Waals surface area contributed by atoms with Crippen LogP contribution in [0, 0.1) is 0 Å². The summed E-state index contributed by atoms with van der Waals surface area (Å²) in [6.07, 6.45) is 0. The second-order valence-electron chi connectivity index (χ2n) is 8.34. The van der Waals surface area contributed by atoms with Gasteiger partial charge in [0.15, 0.2) is 0 Å². The van der Waals surface area contributed by atoms with Crippen molar-refractivity contribution in [2.45, 2.75) is 119 Å². The van der Waals surface area contributed by atoms with Crippen molar-refractivity contribution in [2.75, 3.05) is 0 Å². The van der Waals surface area contributed by atoms with Gasteiger partial charge in [0.25, 0.3) is 0 Å². The molecule has 0 unspecified atom stereocenters. The minimum atomic E-state index is -2.20. The standard InChI is InChI=1S/C18H42BrN3Si/c1-13(2)20(14(3)4)23(19,21(15(5)6)16(7)8)22(17(9)10)18(11)12/h13-18H,1-12H3. The Morgan fingerprint density at radius 2 is 0.565 bits per heavy atom. The van der Waals surface area contributed by atoms with Gasteiger partial charge in [-0.05, 0) is 0 Å². The first-order chi connectivity index (χ1) is 10.3. The topological polar surface area (TPSA) is 9.72 Å². The Kier molecular flexibility index (Phi) is 9.56. The van der Waals surface area contributed by atoms with Crippen molar-refractivity contribution in [1.29, 1.82) is 0 Å². The highest BCUT2D eigenvalue weighted by molar-refractivity contribution is 9.25. The van der Waals surface area contributed by atoms with Crippen LogP contribution in [0.4, 0.5) is 0 Å². The van der Waals surface area contributed by atoms with Gasteiger partial charge in [-0.25, -0.2) is 0 Å². The lowest BCUT2D eigenvalue weighted by atomic mass is 10.3. The molecule has 0 saturated carbocycles. The molecule has 140 valence electrons. The molecular weight excluding hydrogens is 366 g/mol. The fourth-order valence-electron chi connectivity index (χ4n) is 4.16. The zero-order chi connectivity index (χ0) is 18.7. The molecule has 0 fully saturated rings. The lowest BCUT2D eigenvalue weighted by Gasteiger charge is -2.58. The van der Waals surface area contributed by atoms with E-state index in [4.69, 9.17) is 0 Å². The van der Waals surface area contributed by atoms with Gasteiger partial charge in [-0.2, -0.15) is 0 Å². The summed E-state index contributed by atoms with van der Waals surface area (Å²) in [5.41, 5.74) is 0. The molecule has 5 heteroatoms. The lowest BCUT2D eigenvalue weighted by molar-refractivity contribution is 0.146. The van der Waals surface area contributed by atoms with E-state index in [9.17, 15) is 0 Å². The van der Waals surface area contributed by atoms with Crippen molar-refractivity contribution in [2.24, 2.45) is 0 Å². The molecule has 0 radical (unpaired) electrons. The molecule has 0 aromatic heterocycles. The third-order valence-corrected chi connectivity index (χ3v) is 13.1. The smallest absolute Gasteiger partial charge is 0.286 e. The van der Waals surface area contributed by atoms with Crippen LogP contribution in [0.3, 0.4) is 0 Å². The van der Waals surface area contributed by atoms with E-state index >= 15 is 0 Å². The van der Waals surface area contributed by atoms with Crippen molar-refractivity contribution in [3.63, 3.8) is 0 Å². The Balaban J connectivity index is 6.45. The monoisotopic (exact) mass is 407 g/mol. The molecule has 0 N–H and O–H groups in total. The third kappa shape index (κ3) is 5.27. The Morgan fingerprint density at radius 3 is 0.652 bits per heavy atom. The molecule has 0 aliphatic rings. The Morgan fingerprint density at radius 1 is 0.435 bits per heavy atom. The zero-order valence-corrected chi connectivity index (χ0v) is 20.3. The molecule has 0 saturated heterocycles. The van der Waals surface area contributed by atoms with E-state index < -0.39 is 7.18 Å². The number of hydrogen-bond acceptors (Lipinski definition) is 3. The lowest BCUT2D eigenvalue weighted by Crippen LogP contribution is -2.78. The highest BCUT2D eigenvalue weighted by atomic mass is 79.9. The Hall–Kier alpha value is 0.577. The minimum absolute atomic E-state index is 0.501. The van der Waals surface area contributed by atoms with Gasteiger partial charge >= 0.3 is 7.18 Å². The Labute approximate surface area is 155 Å². The summed E-state index contributed by atoms with van der Waals surface area (Å²) in [4.78, 5) is 0. The highest BCUT2D eigenvalue weighted by Gasteiger charge is 2.54. The van der Waals surface area contributed by atoms with Crippen LogP contribution in [0.2, 0.25) is 0 Å². The summed E-state index contributed by atoms with van der Waals surface area (Å²) in [5, 5.41) is 0. The molecule has 0 aromatic rings. The maximum absolute atomic E-state index is 4.41. The van der Waals surface area contributed by atoms with Crippen molar-refractivity contribution >= 4 is 22.5 Å². The quantitative estimate of drug-likeness (QED) is 0.385. The fourth-order valence-corrected chi connectivity index (χ4v) is 16.3. The van der Waals surface area contributed by atoms with Gasteiger partial charge < -0.3 is 0 Å². The van der Waals surface area contributed by atoms with Gasteiger partial charge in [-0.3, -0.25) is 13.7 Å². The van der Waals surface area contributed by atoms with Crippen molar-refractivity contribution < 1.29 is 0 Å². The van der Waals surface area contributed by atoms with Crippen LogP contribution in [0.1, 0.15) is 83.1 Å². The number of nitrogens with zero attached hydrogens (tertiary/aromatic N) is 3. The predicted octanol–water partition coefficient (Wildman–Crippen LogP) is 5.17. The van der Waals surface area contributed by atoms with Crippen molar-refractivity contribution in [1.82, 2.24) is 13.7 Å². The van der Waals surface area contributed by atoms with E-state index in [-0.39, 0.29) is 0 Å². The van der Waals surface area contributed by atoms with Crippen LogP contribution >= 0.6 is 15.3 Å². The molecule has 3 nitrogen and oxygen atoms in total. The van der Waals surface area contributed by atoms with Crippen LogP contribution in [0.25, 0.3) is 0 Å². The SMILES string of the molecule is CC(C)N(C(C)C)[Si](Br)(N(C(C)C)C(C)C)N(C(C)C)C(C)C. The average molecular weight is 409 g/mol. The molecule has 0 amide bonds. The first-order valence-corrected chi connectivity index (χ1v) is 13.4. The van der Waals surface area contributed by atoms with Gasteiger partial charge in [-0.15, -0.1) is 0 Å². The van der Waals surface area contributed by atoms with E-state index in [0.29, 0.717) is 36.3 Å². The van der Waals surface area contributed by atoms with Gasteiger partial charge in [0.05, 0.1) is 0 Å². The fraction of sp³-hybridized carbons (Fsp3) is 1.00. The summed E-state index contributed by atoms with van der Waals surface area (Å²) >= 11 is 4.41. The molecule has 0 spiro atoms. The minimum Gasteiger partial charge on any atom is -0.286 e. The second kappa shape index (κ2) is 9.32. The van der Waals surface area contributed by atoms with Gasteiger partial charge in [0.2, 0.25) is 0 Å². The van der Waals surface area contributed by atoms with E-state index in [0.717, 1.165) is 0 Å². The number of halogens is 1. The summed E-state index contributed by atoms with van der Waals surface area (Å²) in [5.74, 6) is 0. The largest absolute Gasteiger partial charge is 0.366 e. The van der Waals surface area contributed by atoms with E-state index in [1.165, 1.54) is 0 Å². The van der Waals surface area contributed by atoms with Gasteiger partial charge in [-0.1, -0.05) is 98.4 Å². The van der Waals surface area contributed by atoms with E-state index in [1.807, 2.05) is 0 Å². The molecule has 0 bridgehead atoms. The summed E-state index contributed by atoms with van der Waals surface area (Å²) in [6, 6.07) is 3.01. The van der Waals surface area contributed by atoms with Crippen LogP contribution in [0.5, 0.6) is 0 Å². The van der Waals surface area contributed by atoms with Crippen molar-refractivity contribution in [3.8, 4) is 0 Å². The third-order valence-electron chi connectivity index (χ3n) is 4.32. The first-order valence-electron chi connectivity index (χ1n) is 9.34. The number of rotatable bonds is 9. The van der Waals surface area contributed by atoms with Crippen LogP contribution < -0.4 is 0 Å². The van der Waals surface area contributed by atoms with Gasteiger partial charge in [0.1, 0.15) is 0 Å². The summed E-state index contributed by atoms with van der Waals surface area (Å²) < 4.78 is 8.23. The van der Waals surface area contributed by atoms with E-state index in [2.05, 4.69) is 112 Å². The Bertz CT molecular complexity index is 269. The number of hydrogen-bond donors (Lipinski definition) is 0. The van der Waals surface area contributed by atoms with Gasteiger partial charge in [0, 0.05) is 36.3 Å². The second-order valence-corrected chi connectivity index (χ2v) is 14.2. The van der Waals surface area contributed by atoms with Crippen LogP contribution in [-0.2, 0) is 0 Å². The zero-order valence-electron chi connectivity index (χ0n) is 17.7. The average Bonchev–Trinajstić information content (AvgIpc) is 2.23. The van der Waals surface area contributed by atoms with E-state index in [1.54, 1.807) is 0 Å². The maximum Gasteiger partial charge on any atom is 0.366 e. The molecule has 0 aliphatic carbocycles. The molecule has 0 rings (SSSR count). The molecule has 0 atom stereocenters. The maximum atomic E-state index is 4.41. The summed E-state index contributed by atoms with van der Waals surface area (Å²) in [7, 11) is -2.20.